The molecule has 0 spiro atoms. The van der Waals surface area contributed by atoms with Crippen molar-refractivity contribution in [1.29, 1.82) is 0 Å². The van der Waals surface area contributed by atoms with E-state index >= 15 is 0 Å². The normalized spacial score (nSPS) is 12.8. The number of hydrogen-bond acceptors (Lipinski definition) is 4. The number of pyridine rings is 1. The van der Waals surface area contributed by atoms with E-state index in [0.29, 0.717) is 0 Å². The number of nitrogens with two attached hydrogens (primary N) is 1. The number of fused-ring (bicyclic) bond motifs is 1. The molecule has 5 nitrogen and oxygen atoms in total. The molecule has 0 amide bonds. The molecule has 3 aromatic rings. The van der Waals surface area contributed by atoms with Crippen LogP contribution in [-0.2, 0) is 7.05 Å². The van der Waals surface area contributed by atoms with Gasteiger partial charge in [-0.1, -0.05) is 12.1 Å². The average Bonchev–Trinajstić information content (AvgIpc) is 2.79. The number of hydrogen-bond donors (Lipinski definition) is 2. The summed E-state index contributed by atoms with van der Waals surface area (Å²) < 4.78 is 1.81. The first kappa shape index (κ1) is 13.7. The van der Waals surface area contributed by atoms with Gasteiger partial charge in [0.1, 0.15) is 0 Å². The maximum absolute atomic E-state index is 5.78. The summed E-state index contributed by atoms with van der Waals surface area (Å²) >= 11 is 0. The summed E-state index contributed by atoms with van der Waals surface area (Å²) in [5.74, 6) is 5.78. The van der Waals surface area contributed by atoms with Gasteiger partial charge in [0.25, 0.3) is 0 Å². The summed E-state index contributed by atoms with van der Waals surface area (Å²) in [5, 5.41) is 5.50. The summed E-state index contributed by atoms with van der Waals surface area (Å²) in [7, 11) is 1.91. The van der Waals surface area contributed by atoms with Crippen LogP contribution in [0.25, 0.3) is 10.9 Å². The fraction of sp³-hybridized carbons (Fsp3) is 0.250. The second kappa shape index (κ2) is 5.27. The molecule has 0 radical (unpaired) electrons. The minimum Gasteiger partial charge on any atom is -0.275 e. The molecule has 0 aliphatic carbocycles. The van der Waals surface area contributed by atoms with Gasteiger partial charge in [0, 0.05) is 29.9 Å². The van der Waals surface area contributed by atoms with Gasteiger partial charge in [-0.2, -0.15) is 5.10 Å². The second-order valence-corrected chi connectivity index (χ2v) is 5.35. The highest BCUT2D eigenvalue weighted by molar-refractivity contribution is 5.79. The molecule has 1 atom stereocenters. The average molecular weight is 281 g/mol. The molecule has 2 aromatic heterocycles. The molecular weight excluding hydrogens is 262 g/mol. The molecule has 0 saturated heterocycles. The molecule has 0 fully saturated rings. The fourth-order valence-electron chi connectivity index (χ4n) is 2.69. The molecule has 0 aliphatic rings. The molecule has 1 unspecified atom stereocenters. The Hall–Kier alpha value is -2.24. The van der Waals surface area contributed by atoms with Crippen molar-refractivity contribution in [3.05, 3.63) is 59.0 Å². The van der Waals surface area contributed by atoms with Crippen LogP contribution in [0.2, 0.25) is 0 Å². The Labute approximate surface area is 123 Å². The number of aryl methyl sites for hydroxylation is 3. The van der Waals surface area contributed by atoms with Crippen molar-refractivity contribution in [1.82, 2.24) is 20.2 Å². The van der Waals surface area contributed by atoms with E-state index in [-0.39, 0.29) is 6.04 Å². The number of hydrazine groups is 1. The summed E-state index contributed by atoms with van der Waals surface area (Å²) in [6.07, 6.45) is 2.00. The van der Waals surface area contributed by atoms with Crippen LogP contribution in [0.5, 0.6) is 0 Å². The molecule has 108 valence electrons. The number of benzene rings is 1. The molecule has 0 aliphatic heterocycles. The second-order valence-electron chi connectivity index (χ2n) is 5.35. The van der Waals surface area contributed by atoms with Gasteiger partial charge in [0.2, 0.25) is 0 Å². The van der Waals surface area contributed by atoms with E-state index in [2.05, 4.69) is 33.7 Å². The van der Waals surface area contributed by atoms with E-state index in [1.165, 1.54) is 0 Å². The molecule has 21 heavy (non-hydrogen) atoms. The Morgan fingerprint density at radius 3 is 2.67 bits per heavy atom. The third-order valence-corrected chi connectivity index (χ3v) is 3.71. The Morgan fingerprint density at radius 2 is 2.00 bits per heavy atom. The zero-order valence-electron chi connectivity index (χ0n) is 12.5. The smallest absolute Gasteiger partial charge is 0.0743 e. The number of nitrogens with zero attached hydrogens (tertiary/aromatic N) is 3. The lowest BCUT2D eigenvalue weighted by molar-refractivity contribution is 0.634. The maximum atomic E-state index is 5.78. The summed E-state index contributed by atoms with van der Waals surface area (Å²) in [4.78, 5) is 4.53. The van der Waals surface area contributed by atoms with Gasteiger partial charge in [-0.05, 0) is 37.6 Å². The van der Waals surface area contributed by atoms with Crippen molar-refractivity contribution < 1.29 is 0 Å². The molecule has 3 N–H and O–H groups in total. The van der Waals surface area contributed by atoms with Gasteiger partial charge in [0.05, 0.1) is 17.3 Å². The lowest BCUT2D eigenvalue weighted by Crippen LogP contribution is -2.29. The quantitative estimate of drug-likeness (QED) is 0.570. The van der Waals surface area contributed by atoms with E-state index in [9.17, 15) is 0 Å². The summed E-state index contributed by atoms with van der Waals surface area (Å²) in [6, 6.07) is 10.2. The topological polar surface area (TPSA) is 68.8 Å². The third-order valence-electron chi connectivity index (χ3n) is 3.71. The van der Waals surface area contributed by atoms with Crippen LogP contribution in [0.1, 0.15) is 28.6 Å². The third kappa shape index (κ3) is 2.53. The SMILES string of the molecule is Cc1ccc2cc(C(NN)c3cn(C)nc3C)ccc2n1. The first-order chi connectivity index (χ1) is 10.1. The Balaban J connectivity index is 2.08. The minimum absolute atomic E-state index is 0.0793. The zero-order valence-corrected chi connectivity index (χ0v) is 12.5. The molecule has 5 heteroatoms. The van der Waals surface area contributed by atoms with Gasteiger partial charge < -0.3 is 0 Å². The van der Waals surface area contributed by atoms with Crippen molar-refractivity contribution >= 4 is 10.9 Å². The standard InChI is InChI=1S/C16H19N5/c1-10-4-5-12-8-13(6-7-15(12)18-10)16(19-17)14-9-21(3)20-11(14)2/h4-9,16,19H,17H2,1-3H3. The van der Waals surface area contributed by atoms with Gasteiger partial charge in [0.15, 0.2) is 0 Å². The van der Waals surface area contributed by atoms with E-state index in [1.54, 1.807) is 4.68 Å². The maximum Gasteiger partial charge on any atom is 0.0743 e. The minimum atomic E-state index is -0.0793. The summed E-state index contributed by atoms with van der Waals surface area (Å²) in [6.45, 7) is 3.99. The Kier molecular flexibility index (Phi) is 3.45. The van der Waals surface area contributed by atoms with E-state index in [4.69, 9.17) is 5.84 Å². The molecule has 0 saturated carbocycles. The van der Waals surface area contributed by atoms with Crippen molar-refractivity contribution in [2.24, 2.45) is 12.9 Å². The zero-order chi connectivity index (χ0) is 15.0. The van der Waals surface area contributed by atoms with Crippen molar-refractivity contribution in [2.45, 2.75) is 19.9 Å². The fourth-order valence-corrected chi connectivity index (χ4v) is 2.69. The van der Waals surface area contributed by atoms with Crippen LogP contribution in [-0.4, -0.2) is 14.8 Å². The van der Waals surface area contributed by atoms with Crippen LogP contribution < -0.4 is 11.3 Å². The van der Waals surface area contributed by atoms with Gasteiger partial charge in [-0.25, -0.2) is 5.43 Å². The Morgan fingerprint density at radius 1 is 1.19 bits per heavy atom. The number of aromatic nitrogens is 3. The van der Waals surface area contributed by atoms with Gasteiger partial charge in [-0.15, -0.1) is 0 Å². The van der Waals surface area contributed by atoms with Crippen LogP contribution in [0.3, 0.4) is 0 Å². The molecule has 0 bridgehead atoms. The van der Waals surface area contributed by atoms with Crippen LogP contribution in [0.15, 0.2) is 36.5 Å². The molecule has 1 aromatic carbocycles. The molecule has 3 rings (SSSR count). The lowest BCUT2D eigenvalue weighted by Gasteiger charge is -2.16. The van der Waals surface area contributed by atoms with Crippen molar-refractivity contribution in [3.63, 3.8) is 0 Å². The van der Waals surface area contributed by atoms with Gasteiger partial charge >= 0.3 is 0 Å². The first-order valence-electron chi connectivity index (χ1n) is 6.92. The number of rotatable bonds is 3. The highest BCUT2D eigenvalue weighted by Gasteiger charge is 2.17. The first-order valence-corrected chi connectivity index (χ1v) is 6.92. The van der Waals surface area contributed by atoms with E-state index < -0.39 is 0 Å². The predicted octanol–water partition coefficient (Wildman–Crippen LogP) is 2.14. The molecule has 2 heterocycles. The monoisotopic (exact) mass is 281 g/mol. The Bertz CT molecular complexity index is 790. The predicted molar refractivity (Wildman–Crippen MR) is 83.6 cm³/mol. The summed E-state index contributed by atoms with van der Waals surface area (Å²) in [5.41, 5.74) is 8.07. The van der Waals surface area contributed by atoms with Crippen LogP contribution in [0.4, 0.5) is 0 Å². The van der Waals surface area contributed by atoms with E-state index in [1.807, 2.05) is 39.2 Å². The van der Waals surface area contributed by atoms with Crippen LogP contribution in [0, 0.1) is 13.8 Å². The highest BCUT2D eigenvalue weighted by Crippen LogP contribution is 2.26. The van der Waals surface area contributed by atoms with E-state index in [0.717, 1.165) is 33.4 Å². The van der Waals surface area contributed by atoms with Crippen LogP contribution >= 0.6 is 0 Å². The van der Waals surface area contributed by atoms with Crippen molar-refractivity contribution in [2.75, 3.05) is 0 Å². The number of nitrogens with one attached hydrogen (secondary N) is 1. The highest BCUT2D eigenvalue weighted by atomic mass is 15.3. The molecular formula is C16H19N5. The van der Waals surface area contributed by atoms with Gasteiger partial charge in [-0.3, -0.25) is 15.5 Å². The largest absolute Gasteiger partial charge is 0.275 e. The lowest BCUT2D eigenvalue weighted by atomic mass is 9.98. The van der Waals surface area contributed by atoms with Crippen molar-refractivity contribution in [3.8, 4) is 0 Å².